The molecule has 53 heavy (non-hydrogen) atoms. The molecule has 9 nitrogen and oxygen atoms in total. The zero-order valence-corrected chi connectivity index (χ0v) is 37.0. The number of carbonyl (C=O) groups excluding carboxylic acids is 1. The minimum Gasteiger partial charge on any atom is -0.756 e. The monoisotopic (exact) mass is 776 g/mol. The minimum atomic E-state index is -4.59. The number of quaternary nitrogens is 1. The number of unbranched alkanes of at least 4 members (excludes halogenated alkanes) is 26. The average Bonchev–Trinajstić information content (AvgIpc) is 3.10. The molecule has 0 aromatic heterocycles. The Morgan fingerprint density at radius 1 is 0.623 bits per heavy atom. The fraction of sp³-hybridized carbons (Fsp3) is 0.977. The maximum atomic E-state index is 13.1. The third-order valence-electron chi connectivity index (χ3n) is 10.1. The van der Waals surface area contributed by atoms with E-state index in [2.05, 4.69) is 19.2 Å². The van der Waals surface area contributed by atoms with E-state index in [0.29, 0.717) is 30.7 Å². The van der Waals surface area contributed by atoms with Gasteiger partial charge in [-0.1, -0.05) is 181 Å². The number of ether oxygens (including phenoxy) is 1. The standard InChI is InChI=1S/C43H90N3O6P/c1-7-10-12-14-16-18-20-22-24-26-28-30-32-34-36-45(43(47)44-9-3)40-42(52-53(48,49)51-39-37-46(4,5)6)41-50-38-35-33-31-29-27-25-23-21-19-17-15-13-11-8-2/h42H,7-41H2,1-6H3,(H-,44,47,48,49). The normalized spacial score (nSPS) is 13.6. The molecule has 2 amide bonds. The summed E-state index contributed by atoms with van der Waals surface area (Å²) in [5.41, 5.74) is 0. The van der Waals surface area contributed by atoms with Gasteiger partial charge in [0, 0.05) is 19.7 Å². The van der Waals surface area contributed by atoms with Crippen molar-refractivity contribution in [3.05, 3.63) is 0 Å². The third-order valence-corrected chi connectivity index (χ3v) is 11.1. The van der Waals surface area contributed by atoms with Crippen molar-refractivity contribution in [1.82, 2.24) is 10.2 Å². The largest absolute Gasteiger partial charge is 0.756 e. The molecule has 0 aromatic carbocycles. The van der Waals surface area contributed by atoms with E-state index in [4.69, 9.17) is 13.8 Å². The van der Waals surface area contributed by atoms with Crippen LogP contribution in [0.3, 0.4) is 0 Å². The van der Waals surface area contributed by atoms with Crippen molar-refractivity contribution in [2.24, 2.45) is 0 Å². The van der Waals surface area contributed by atoms with Crippen LogP contribution in [0.25, 0.3) is 0 Å². The summed E-state index contributed by atoms with van der Waals surface area (Å²) in [6, 6.07) is -0.200. The predicted molar refractivity (Wildman–Crippen MR) is 223 cm³/mol. The second-order valence-corrected chi connectivity index (χ2v) is 17.9. The SMILES string of the molecule is CCCCCCCCCCCCCCCCOCC(CN(CCCCCCCCCCCCCCCC)C(=O)NCC)OP(=O)([O-])OCC[N+](C)(C)C. The van der Waals surface area contributed by atoms with Crippen LogP contribution in [-0.4, -0.2) is 88.7 Å². The second-order valence-electron chi connectivity index (χ2n) is 16.6. The molecule has 0 rings (SSSR count). The maximum absolute atomic E-state index is 13.1. The summed E-state index contributed by atoms with van der Waals surface area (Å²) in [5, 5.41) is 2.90. The maximum Gasteiger partial charge on any atom is 0.317 e. The van der Waals surface area contributed by atoms with E-state index >= 15 is 0 Å². The molecule has 2 unspecified atom stereocenters. The van der Waals surface area contributed by atoms with E-state index in [1.165, 1.54) is 148 Å². The van der Waals surface area contributed by atoms with Crippen molar-refractivity contribution in [3.63, 3.8) is 0 Å². The summed E-state index contributed by atoms with van der Waals surface area (Å²) in [5.74, 6) is 0. The Morgan fingerprint density at radius 2 is 1.02 bits per heavy atom. The highest BCUT2D eigenvalue weighted by atomic mass is 31.2. The van der Waals surface area contributed by atoms with Crippen molar-refractivity contribution in [1.29, 1.82) is 0 Å². The summed E-state index contributed by atoms with van der Waals surface area (Å²) in [7, 11) is 1.36. The molecule has 2 atom stereocenters. The summed E-state index contributed by atoms with van der Waals surface area (Å²) in [6.45, 7) is 8.82. The Balaban J connectivity index is 4.65. The summed E-state index contributed by atoms with van der Waals surface area (Å²) >= 11 is 0. The number of phosphoric acid groups is 1. The van der Waals surface area contributed by atoms with Gasteiger partial charge in [0.15, 0.2) is 0 Å². The third kappa shape index (κ3) is 38.0. The van der Waals surface area contributed by atoms with E-state index in [0.717, 1.165) is 32.1 Å². The molecular formula is C43H90N3O6P. The van der Waals surface area contributed by atoms with Crippen molar-refractivity contribution in [2.45, 2.75) is 207 Å². The number of phosphoric ester groups is 1. The highest BCUT2D eigenvalue weighted by Crippen LogP contribution is 2.40. The molecule has 0 spiro atoms. The van der Waals surface area contributed by atoms with Crippen LogP contribution in [0.15, 0.2) is 0 Å². The van der Waals surface area contributed by atoms with Crippen LogP contribution < -0.4 is 10.2 Å². The van der Waals surface area contributed by atoms with Gasteiger partial charge >= 0.3 is 6.03 Å². The molecule has 0 heterocycles. The van der Waals surface area contributed by atoms with Gasteiger partial charge in [-0.05, 0) is 19.8 Å². The fourth-order valence-electron chi connectivity index (χ4n) is 6.65. The van der Waals surface area contributed by atoms with Gasteiger partial charge in [-0.3, -0.25) is 4.57 Å². The lowest BCUT2D eigenvalue weighted by Gasteiger charge is -2.33. The van der Waals surface area contributed by atoms with Crippen LogP contribution in [0.2, 0.25) is 0 Å². The highest BCUT2D eigenvalue weighted by molar-refractivity contribution is 7.45. The highest BCUT2D eigenvalue weighted by Gasteiger charge is 2.24. The molecule has 10 heteroatoms. The molecule has 0 aromatic rings. The fourth-order valence-corrected chi connectivity index (χ4v) is 7.51. The van der Waals surface area contributed by atoms with E-state index in [9.17, 15) is 14.3 Å². The Morgan fingerprint density at radius 3 is 1.42 bits per heavy atom. The molecule has 0 saturated heterocycles. The van der Waals surface area contributed by atoms with E-state index in [-0.39, 0.29) is 25.8 Å². The lowest BCUT2D eigenvalue weighted by Crippen LogP contribution is -2.46. The molecule has 0 aliphatic rings. The zero-order valence-electron chi connectivity index (χ0n) is 36.1. The van der Waals surface area contributed by atoms with Crippen LogP contribution in [0.4, 0.5) is 4.79 Å². The van der Waals surface area contributed by atoms with E-state index in [1.54, 1.807) is 4.90 Å². The molecular weight excluding hydrogens is 685 g/mol. The van der Waals surface area contributed by atoms with Gasteiger partial charge in [-0.25, -0.2) is 4.79 Å². The minimum absolute atomic E-state index is 0.0377. The quantitative estimate of drug-likeness (QED) is 0.0377. The zero-order chi connectivity index (χ0) is 39.3. The van der Waals surface area contributed by atoms with Gasteiger partial charge in [0.2, 0.25) is 0 Å². The Bertz CT molecular complexity index is 843. The number of likely N-dealkylation sites (N-methyl/N-ethyl adjacent to an activating group) is 1. The predicted octanol–water partition coefficient (Wildman–Crippen LogP) is 11.6. The van der Waals surface area contributed by atoms with Gasteiger partial charge in [-0.15, -0.1) is 0 Å². The molecule has 0 aliphatic carbocycles. The van der Waals surface area contributed by atoms with Gasteiger partial charge in [-0.2, -0.15) is 0 Å². The summed E-state index contributed by atoms with van der Waals surface area (Å²) in [4.78, 5) is 27.6. The first kappa shape index (κ1) is 52.3. The topological polar surface area (TPSA) is 100 Å². The molecule has 0 aliphatic heterocycles. The molecule has 0 radical (unpaired) electrons. The summed E-state index contributed by atoms with van der Waals surface area (Å²) < 4.78 is 30.2. The first-order valence-corrected chi connectivity index (χ1v) is 24.1. The number of urea groups is 1. The van der Waals surface area contributed by atoms with Crippen molar-refractivity contribution in [3.8, 4) is 0 Å². The number of hydrogen-bond donors (Lipinski definition) is 1. The smallest absolute Gasteiger partial charge is 0.317 e. The molecule has 318 valence electrons. The van der Waals surface area contributed by atoms with Crippen LogP contribution in [0.5, 0.6) is 0 Å². The van der Waals surface area contributed by atoms with Crippen LogP contribution in [0, 0.1) is 0 Å². The number of rotatable bonds is 41. The van der Waals surface area contributed by atoms with Gasteiger partial charge < -0.3 is 33.4 Å². The lowest BCUT2D eigenvalue weighted by molar-refractivity contribution is -0.870. The number of nitrogens with one attached hydrogen (secondary N) is 1. The van der Waals surface area contributed by atoms with Gasteiger partial charge in [0.25, 0.3) is 7.82 Å². The van der Waals surface area contributed by atoms with Crippen molar-refractivity contribution >= 4 is 13.9 Å². The Kier molecular flexibility index (Phi) is 36.4. The van der Waals surface area contributed by atoms with Crippen molar-refractivity contribution < 1.29 is 32.5 Å². The lowest BCUT2D eigenvalue weighted by atomic mass is 10.0. The van der Waals surface area contributed by atoms with Crippen LogP contribution in [0.1, 0.15) is 201 Å². The number of amides is 2. The molecule has 0 saturated carbocycles. The Labute approximate surface area is 329 Å². The number of carbonyl (C=O) groups is 1. The van der Waals surface area contributed by atoms with Crippen LogP contribution >= 0.6 is 7.82 Å². The molecule has 1 N–H and O–H groups in total. The first-order valence-electron chi connectivity index (χ1n) is 22.6. The van der Waals surface area contributed by atoms with Crippen LogP contribution in [-0.2, 0) is 18.3 Å². The molecule has 0 fully saturated rings. The number of nitrogens with zero attached hydrogens (tertiary/aromatic N) is 2. The second kappa shape index (κ2) is 36.9. The van der Waals surface area contributed by atoms with Gasteiger partial charge in [0.05, 0.1) is 34.3 Å². The Hall–Kier alpha value is -0.700. The van der Waals surface area contributed by atoms with Crippen molar-refractivity contribution in [2.75, 3.05) is 67.1 Å². The average molecular weight is 776 g/mol. The van der Waals surface area contributed by atoms with E-state index < -0.39 is 13.9 Å². The first-order chi connectivity index (χ1) is 25.5. The van der Waals surface area contributed by atoms with E-state index in [1.807, 2.05) is 28.1 Å². The summed E-state index contributed by atoms with van der Waals surface area (Å²) in [6.07, 6.45) is 35.1. The number of hydrogen-bond acceptors (Lipinski definition) is 6. The molecule has 0 bridgehead atoms. The van der Waals surface area contributed by atoms with Gasteiger partial charge in [0.1, 0.15) is 19.3 Å².